The van der Waals surface area contributed by atoms with Crippen molar-refractivity contribution in [2.24, 2.45) is 46.8 Å². The number of nitrogens with zero attached hydrogens (tertiary/aromatic N) is 1. The first-order valence-corrected chi connectivity index (χ1v) is 11.9. The fourth-order valence-electron chi connectivity index (χ4n) is 8.65. The van der Waals surface area contributed by atoms with Gasteiger partial charge in [0, 0.05) is 19.0 Å². The van der Waals surface area contributed by atoms with Crippen molar-refractivity contribution in [3.05, 3.63) is 0 Å². The highest BCUT2D eigenvalue weighted by Crippen LogP contribution is 2.64. The van der Waals surface area contributed by atoms with E-state index in [0.717, 1.165) is 48.6 Å². The molecule has 1 amide bonds. The van der Waals surface area contributed by atoms with Gasteiger partial charge >= 0.3 is 0 Å². The van der Waals surface area contributed by atoms with Crippen molar-refractivity contribution >= 4 is 5.91 Å². The molecule has 0 aromatic heterocycles. The number of carbonyl (C=O) groups excluding carboxylic acids is 1. The van der Waals surface area contributed by atoms with E-state index in [4.69, 9.17) is 0 Å². The van der Waals surface area contributed by atoms with Gasteiger partial charge in [-0.15, -0.1) is 0 Å². The quantitative estimate of drug-likeness (QED) is 0.605. The van der Waals surface area contributed by atoms with E-state index in [-0.39, 0.29) is 0 Å². The lowest BCUT2D eigenvalue weighted by Gasteiger charge is -2.56. The Hall–Kier alpha value is -0.530. The monoisotopic (exact) mass is 357 g/mol. The predicted molar refractivity (Wildman–Crippen MR) is 106 cm³/mol. The van der Waals surface area contributed by atoms with Crippen LogP contribution in [0.1, 0.15) is 84.5 Å². The first-order valence-electron chi connectivity index (χ1n) is 11.9. The highest BCUT2D eigenvalue weighted by Gasteiger charge is 2.58. The summed E-state index contributed by atoms with van der Waals surface area (Å²) in [5, 5.41) is 0. The summed E-state index contributed by atoms with van der Waals surface area (Å²) < 4.78 is 0. The van der Waals surface area contributed by atoms with Gasteiger partial charge in [-0.25, -0.2) is 0 Å². The Morgan fingerprint density at radius 3 is 2.46 bits per heavy atom. The van der Waals surface area contributed by atoms with Gasteiger partial charge in [0.15, 0.2) is 0 Å². The lowest BCUT2D eigenvalue weighted by molar-refractivity contribution is -0.142. The Morgan fingerprint density at radius 2 is 1.65 bits per heavy atom. The molecule has 0 radical (unpaired) electrons. The third-order valence-corrected chi connectivity index (χ3v) is 9.93. The molecule has 4 saturated carbocycles. The summed E-state index contributed by atoms with van der Waals surface area (Å²) in [5.74, 6) is 6.70. The number of carbonyl (C=O) groups is 1. The second-order valence-electron chi connectivity index (χ2n) is 11.1. The minimum absolute atomic E-state index is 0.315. The van der Waals surface area contributed by atoms with Gasteiger partial charge in [-0.2, -0.15) is 0 Å². The van der Waals surface area contributed by atoms with E-state index in [2.05, 4.69) is 18.7 Å². The summed E-state index contributed by atoms with van der Waals surface area (Å²) in [6.07, 6.45) is 15.2. The van der Waals surface area contributed by atoms with Crippen molar-refractivity contribution in [3.8, 4) is 0 Å². The van der Waals surface area contributed by atoms with Gasteiger partial charge in [-0.1, -0.05) is 20.3 Å². The molecular weight excluding hydrogens is 318 g/mol. The Balaban J connectivity index is 1.34. The second-order valence-corrected chi connectivity index (χ2v) is 11.1. The van der Waals surface area contributed by atoms with Crippen LogP contribution in [0.25, 0.3) is 0 Å². The third-order valence-electron chi connectivity index (χ3n) is 9.93. The molecule has 1 saturated heterocycles. The molecule has 2 nitrogen and oxygen atoms in total. The summed E-state index contributed by atoms with van der Waals surface area (Å²) in [4.78, 5) is 15.5. The molecule has 0 spiro atoms. The summed E-state index contributed by atoms with van der Waals surface area (Å²) in [5.41, 5.74) is 0.315. The van der Waals surface area contributed by atoms with Crippen LogP contribution in [0.4, 0.5) is 0 Å². The zero-order valence-electron chi connectivity index (χ0n) is 17.1. The molecule has 0 bridgehead atoms. The fraction of sp³-hybridized carbons (Fsp3) is 0.958. The first kappa shape index (κ1) is 17.6. The number of fused-ring (bicyclic) bond motifs is 5. The van der Waals surface area contributed by atoms with Crippen LogP contribution in [0.3, 0.4) is 0 Å². The zero-order chi connectivity index (χ0) is 17.9. The molecule has 0 aromatic rings. The summed E-state index contributed by atoms with van der Waals surface area (Å²) >= 11 is 0. The van der Waals surface area contributed by atoms with Gasteiger partial charge in [-0.05, 0) is 105 Å². The van der Waals surface area contributed by atoms with Gasteiger partial charge in [0.1, 0.15) is 0 Å². The third kappa shape index (κ3) is 2.60. The molecule has 1 heterocycles. The Labute approximate surface area is 160 Å². The van der Waals surface area contributed by atoms with Crippen LogP contribution in [0.2, 0.25) is 0 Å². The van der Waals surface area contributed by atoms with Gasteiger partial charge < -0.3 is 4.90 Å². The molecule has 5 fully saturated rings. The molecule has 5 aliphatic rings. The molecular formula is C24H39NO. The number of hydrogen-bond acceptors (Lipinski definition) is 1. The van der Waals surface area contributed by atoms with E-state index >= 15 is 0 Å². The highest BCUT2D eigenvalue weighted by molar-refractivity contribution is 5.80. The molecule has 146 valence electrons. The lowest BCUT2D eigenvalue weighted by atomic mass is 9.49. The molecule has 2 heteroatoms. The Kier molecular flexibility index (Phi) is 4.40. The summed E-state index contributed by atoms with van der Waals surface area (Å²) in [6, 6.07) is 0. The second kappa shape index (κ2) is 6.52. The van der Waals surface area contributed by atoms with E-state index in [9.17, 15) is 4.79 Å². The molecule has 0 N–H and O–H groups in total. The lowest BCUT2D eigenvalue weighted by Crippen LogP contribution is -2.50. The zero-order valence-corrected chi connectivity index (χ0v) is 17.1. The van der Waals surface area contributed by atoms with Crippen molar-refractivity contribution in [1.29, 1.82) is 0 Å². The molecule has 4 aliphatic carbocycles. The topological polar surface area (TPSA) is 20.3 Å². The van der Waals surface area contributed by atoms with Crippen LogP contribution in [-0.4, -0.2) is 23.9 Å². The number of rotatable bonds is 1. The fourth-order valence-corrected chi connectivity index (χ4v) is 8.65. The van der Waals surface area contributed by atoms with Crippen molar-refractivity contribution in [3.63, 3.8) is 0 Å². The van der Waals surface area contributed by atoms with Crippen LogP contribution in [0.5, 0.6) is 0 Å². The van der Waals surface area contributed by atoms with Crippen LogP contribution in [0.15, 0.2) is 0 Å². The number of amides is 1. The molecule has 0 aromatic carbocycles. The van der Waals surface area contributed by atoms with Crippen LogP contribution in [-0.2, 0) is 4.79 Å². The molecule has 8 atom stereocenters. The van der Waals surface area contributed by atoms with Crippen LogP contribution >= 0.6 is 0 Å². The summed E-state index contributed by atoms with van der Waals surface area (Å²) in [6.45, 7) is 7.06. The average Bonchev–Trinajstić information content (AvgIpc) is 3.28. The SMILES string of the molecule is CC1CCC2C(CCC3C2CCC2(C)C(C(=O)N4CCCC4)CCC32)C1. The van der Waals surface area contributed by atoms with E-state index in [1.165, 1.54) is 70.6 Å². The van der Waals surface area contributed by atoms with Crippen molar-refractivity contribution in [1.82, 2.24) is 4.90 Å². The van der Waals surface area contributed by atoms with E-state index in [1.54, 1.807) is 0 Å². The molecule has 1 aliphatic heterocycles. The normalized spacial score (nSPS) is 50.8. The molecule has 5 rings (SSSR count). The van der Waals surface area contributed by atoms with E-state index < -0.39 is 0 Å². The first-order chi connectivity index (χ1) is 12.6. The average molecular weight is 358 g/mol. The summed E-state index contributed by atoms with van der Waals surface area (Å²) in [7, 11) is 0. The minimum atomic E-state index is 0.315. The van der Waals surface area contributed by atoms with Crippen molar-refractivity contribution in [2.45, 2.75) is 84.5 Å². The largest absolute Gasteiger partial charge is 0.342 e. The standard InChI is InChI=1S/C24H39NO/c1-16-5-7-18-17(15-16)6-8-20-19(18)11-12-24(2)21(20)9-10-22(24)23(26)25-13-3-4-14-25/h16-22H,3-15H2,1-2H3. The number of hydrogen-bond donors (Lipinski definition) is 0. The predicted octanol–water partition coefficient (Wildman–Crippen LogP) is 5.51. The van der Waals surface area contributed by atoms with Gasteiger partial charge in [0.2, 0.25) is 5.91 Å². The van der Waals surface area contributed by atoms with Gasteiger partial charge in [0.05, 0.1) is 0 Å². The van der Waals surface area contributed by atoms with E-state index in [1.807, 2.05) is 0 Å². The van der Waals surface area contributed by atoms with Crippen LogP contribution < -0.4 is 0 Å². The Bertz CT molecular complexity index is 552. The minimum Gasteiger partial charge on any atom is -0.342 e. The molecule has 26 heavy (non-hydrogen) atoms. The van der Waals surface area contributed by atoms with Gasteiger partial charge in [0.25, 0.3) is 0 Å². The smallest absolute Gasteiger partial charge is 0.226 e. The maximum Gasteiger partial charge on any atom is 0.226 e. The Morgan fingerprint density at radius 1 is 0.885 bits per heavy atom. The highest BCUT2D eigenvalue weighted by atomic mass is 16.2. The van der Waals surface area contributed by atoms with Gasteiger partial charge in [-0.3, -0.25) is 4.79 Å². The van der Waals surface area contributed by atoms with Crippen molar-refractivity contribution < 1.29 is 4.79 Å². The number of likely N-dealkylation sites (tertiary alicyclic amines) is 1. The van der Waals surface area contributed by atoms with Crippen LogP contribution in [0, 0.1) is 46.8 Å². The maximum absolute atomic E-state index is 13.3. The maximum atomic E-state index is 13.3. The molecule has 8 unspecified atom stereocenters. The van der Waals surface area contributed by atoms with Crippen molar-refractivity contribution in [2.75, 3.05) is 13.1 Å². The van der Waals surface area contributed by atoms with E-state index in [0.29, 0.717) is 17.2 Å².